The lowest BCUT2D eigenvalue weighted by molar-refractivity contribution is -0.141. The van der Waals surface area contributed by atoms with E-state index in [1.807, 2.05) is 6.92 Å². The van der Waals surface area contributed by atoms with Gasteiger partial charge in [-0.15, -0.1) is 5.10 Å². The smallest absolute Gasteiger partial charge is 0.394 e. The van der Waals surface area contributed by atoms with Crippen LogP contribution >= 0.6 is 0 Å². The first-order chi connectivity index (χ1) is 16.6. The van der Waals surface area contributed by atoms with Crippen LogP contribution < -0.4 is 11.1 Å². The quantitative estimate of drug-likeness (QED) is 0.364. The minimum atomic E-state index is -4.51. The highest BCUT2D eigenvalue weighted by molar-refractivity contribution is 6.01. The summed E-state index contributed by atoms with van der Waals surface area (Å²) in [4.78, 5) is 20.5. The molecular formula is C22H23F3N8O2. The molecule has 0 aromatic carbocycles. The zero-order valence-corrected chi connectivity index (χ0v) is 18.9. The second-order valence-electron chi connectivity index (χ2n) is 8.05. The summed E-state index contributed by atoms with van der Waals surface area (Å²) in [5.41, 5.74) is 7.05. The highest BCUT2D eigenvalue weighted by Gasteiger charge is 2.32. The Morgan fingerprint density at radius 3 is 2.63 bits per heavy atom. The van der Waals surface area contributed by atoms with Crippen molar-refractivity contribution in [3.63, 3.8) is 0 Å². The topological polar surface area (TPSA) is 136 Å². The molecule has 4 heterocycles. The molecular weight excluding hydrogens is 465 g/mol. The average Bonchev–Trinajstić information content (AvgIpc) is 3.44. The molecule has 1 amide bonds. The summed E-state index contributed by atoms with van der Waals surface area (Å²) in [5.74, 6) is -0.469. The fraction of sp³-hybridized carbons (Fsp3) is 0.318. The number of nitrogens with zero attached hydrogens (tertiary/aromatic N) is 6. The Hall–Kier alpha value is -4.00. The molecule has 0 aliphatic rings. The van der Waals surface area contributed by atoms with Crippen LogP contribution in [-0.4, -0.2) is 53.0 Å². The van der Waals surface area contributed by atoms with Gasteiger partial charge in [-0.1, -0.05) is 13.0 Å². The zero-order chi connectivity index (χ0) is 25.3. The molecule has 4 N–H and O–H groups in total. The van der Waals surface area contributed by atoms with Crippen molar-refractivity contribution >= 4 is 17.5 Å². The predicted octanol–water partition coefficient (Wildman–Crippen LogP) is 2.70. The lowest BCUT2D eigenvalue weighted by Gasteiger charge is -2.16. The molecule has 0 saturated carbocycles. The number of nitrogens with two attached hydrogens (primary N) is 1. The van der Waals surface area contributed by atoms with Gasteiger partial charge in [-0.2, -0.15) is 23.3 Å². The van der Waals surface area contributed by atoms with Gasteiger partial charge in [0.2, 0.25) is 5.95 Å². The number of hydrogen-bond acceptors (Lipinski definition) is 7. The van der Waals surface area contributed by atoms with Crippen LogP contribution in [0.4, 0.5) is 19.1 Å². The standard InChI is InChI=1S/C22H23F3N8O2/c1-3-17(13-4-5-18(27-7-13)22(23,24)25)32-10-15(8-28-32)14-6-16(20(35)29-12(2)11-34)19-30-21(26)31-33(19)9-14/h4-10,12,17,34H,3,11H2,1-2H3,(H2,26,31)(H,29,35). The van der Waals surface area contributed by atoms with Gasteiger partial charge in [0.1, 0.15) is 5.69 Å². The maximum Gasteiger partial charge on any atom is 0.433 e. The number of aliphatic hydroxyl groups excluding tert-OH is 1. The Morgan fingerprint density at radius 2 is 2.00 bits per heavy atom. The third kappa shape index (κ3) is 4.94. The van der Waals surface area contributed by atoms with E-state index < -0.39 is 23.8 Å². The summed E-state index contributed by atoms with van der Waals surface area (Å²) >= 11 is 0. The minimum Gasteiger partial charge on any atom is -0.394 e. The molecule has 0 aliphatic heterocycles. The third-order valence-corrected chi connectivity index (χ3v) is 5.45. The molecule has 4 aromatic heterocycles. The highest BCUT2D eigenvalue weighted by atomic mass is 19.4. The SMILES string of the molecule is CCC(c1ccc(C(F)(F)F)nc1)n1cc(-c2cc(C(=O)NC(C)CO)c3nc(N)nn3c2)cn1. The van der Waals surface area contributed by atoms with Crippen molar-refractivity contribution in [3.8, 4) is 11.1 Å². The molecule has 0 fully saturated rings. The maximum absolute atomic E-state index is 12.9. The van der Waals surface area contributed by atoms with E-state index in [2.05, 4.69) is 25.5 Å². The van der Waals surface area contributed by atoms with Crippen LogP contribution in [0.1, 0.15) is 47.9 Å². The number of aliphatic hydroxyl groups is 1. The minimum absolute atomic E-state index is 0.0112. The molecule has 13 heteroatoms. The molecule has 184 valence electrons. The first-order valence-corrected chi connectivity index (χ1v) is 10.8. The number of rotatable bonds is 7. The van der Waals surface area contributed by atoms with E-state index in [0.29, 0.717) is 23.1 Å². The number of alkyl halides is 3. The first-order valence-electron chi connectivity index (χ1n) is 10.8. The van der Waals surface area contributed by atoms with Crippen molar-refractivity contribution in [2.45, 2.75) is 38.5 Å². The number of halogens is 3. The number of pyridine rings is 2. The number of amides is 1. The molecule has 0 aliphatic carbocycles. The number of fused-ring (bicyclic) bond motifs is 1. The zero-order valence-electron chi connectivity index (χ0n) is 18.9. The number of aromatic nitrogens is 6. The van der Waals surface area contributed by atoms with E-state index in [1.165, 1.54) is 16.8 Å². The van der Waals surface area contributed by atoms with Crippen molar-refractivity contribution in [2.24, 2.45) is 0 Å². The first kappa shape index (κ1) is 24.1. The van der Waals surface area contributed by atoms with Crippen molar-refractivity contribution in [2.75, 3.05) is 12.3 Å². The van der Waals surface area contributed by atoms with Gasteiger partial charge in [0, 0.05) is 35.8 Å². The van der Waals surface area contributed by atoms with Crippen molar-refractivity contribution in [1.82, 2.24) is 34.7 Å². The number of carbonyl (C=O) groups is 1. The van der Waals surface area contributed by atoms with Gasteiger partial charge >= 0.3 is 6.18 Å². The molecule has 2 atom stereocenters. The Kier molecular flexibility index (Phi) is 6.43. The third-order valence-electron chi connectivity index (χ3n) is 5.45. The van der Waals surface area contributed by atoms with Gasteiger partial charge in [-0.25, -0.2) is 4.52 Å². The number of carbonyl (C=O) groups excluding carboxylic acids is 1. The van der Waals surface area contributed by atoms with E-state index in [4.69, 9.17) is 5.73 Å². The fourth-order valence-electron chi connectivity index (χ4n) is 3.68. The molecule has 4 aromatic rings. The number of anilines is 1. The van der Waals surface area contributed by atoms with Gasteiger partial charge in [-0.05, 0) is 31.0 Å². The summed E-state index contributed by atoms with van der Waals surface area (Å²) in [6.45, 7) is 3.31. The molecule has 4 rings (SSSR count). The molecule has 35 heavy (non-hydrogen) atoms. The largest absolute Gasteiger partial charge is 0.433 e. The van der Waals surface area contributed by atoms with Crippen LogP contribution in [0.3, 0.4) is 0 Å². The van der Waals surface area contributed by atoms with Crippen LogP contribution in [0.2, 0.25) is 0 Å². The Bertz CT molecular complexity index is 1350. The second-order valence-corrected chi connectivity index (χ2v) is 8.05. The summed E-state index contributed by atoms with van der Waals surface area (Å²) < 4.78 is 41.6. The van der Waals surface area contributed by atoms with Crippen molar-refractivity contribution in [1.29, 1.82) is 0 Å². The van der Waals surface area contributed by atoms with E-state index >= 15 is 0 Å². The van der Waals surface area contributed by atoms with Gasteiger partial charge in [-0.3, -0.25) is 14.5 Å². The lowest BCUT2D eigenvalue weighted by atomic mass is 10.1. The normalized spacial score (nSPS) is 13.7. The number of nitrogen functional groups attached to an aromatic ring is 1. The lowest BCUT2D eigenvalue weighted by Crippen LogP contribution is -2.35. The van der Waals surface area contributed by atoms with Crippen LogP contribution in [0, 0.1) is 0 Å². The molecule has 10 nitrogen and oxygen atoms in total. The molecule has 2 unspecified atom stereocenters. The summed E-state index contributed by atoms with van der Waals surface area (Å²) in [7, 11) is 0. The molecule has 0 radical (unpaired) electrons. The van der Waals surface area contributed by atoms with Gasteiger partial charge in [0.15, 0.2) is 5.65 Å². The van der Waals surface area contributed by atoms with E-state index in [9.17, 15) is 23.1 Å². The predicted molar refractivity (Wildman–Crippen MR) is 120 cm³/mol. The monoisotopic (exact) mass is 488 g/mol. The van der Waals surface area contributed by atoms with Crippen LogP contribution in [0.5, 0.6) is 0 Å². The van der Waals surface area contributed by atoms with E-state index in [0.717, 1.165) is 6.07 Å². The maximum atomic E-state index is 12.9. The highest BCUT2D eigenvalue weighted by Crippen LogP contribution is 2.30. The summed E-state index contributed by atoms with van der Waals surface area (Å²) in [6.07, 6.45) is 2.20. The van der Waals surface area contributed by atoms with Gasteiger partial charge in [0.05, 0.1) is 24.4 Å². The van der Waals surface area contributed by atoms with Crippen molar-refractivity contribution < 1.29 is 23.1 Å². The van der Waals surface area contributed by atoms with Gasteiger partial charge < -0.3 is 16.2 Å². The average molecular weight is 488 g/mol. The summed E-state index contributed by atoms with van der Waals surface area (Å²) in [6, 6.07) is 3.13. The Morgan fingerprint density at radius 1 is 1.23 bits per heavy atom. The van der Waals surface area contributed by atoms with Crippen molar-refractivity contribution in [3.05, 3.63) is 59.8 Å². The fourth-order valence-corrected chi connectivity index (χ4v) is 3.68. The Balaban J connectivity index is 1.69. The summed E-state index contributed by atoms with van der Waals surface area (Å²) in [5, 5.41) is 20.4. The second kappa shape index (κ2) is 9.33. The molecule has 0 spiro atoms. The van der Waals surface area contributed by atoms with Gasteiger partial charge in [0.25, 0.3) is 5.91 Å². The van der Waals surface area contributed by atoms with E-state index in [-0.39, 0.29) is 29.8 Å². The molecule has 0 bridgehead atoms. The van der Waals surface area contributed by atoms with Crippen LogP contribution in [-0.2, 0) is 6.18 Å². The number of hydrogen-bond donors (Lipinski definition) is 3. The van der Waals surface area contributed by atoms with E-state index in [1.54, 1.807) is 36.3 Å². The molecule has 0 saturated heterocycles. The van der Waals surface area contributed by atoms with Crippen LogP contribution in [0.25, 0.3) is 16.8 Å². The number of nitrogens with one attached hydrogen (secondary N) is 1. The Labute approximate surface area is 197 Å². The van der Waals surface area contributed by atoms with Crippen LogP contribution in [0.15, 0.2) is 43.0 Å².